The van der Waals surface area contributed by atoms with Crippen molar-refractivity contribution in [3.05, 3.63) is 62.6 Å². The number of oxime groups is 1. The van der Waals surface area contributed by atoms with Crippen molar-refractivity contribution in [3.8, 4) is 5.75 Å². The van der Waals surface area contributed by atoms with E-state index in [9.17, 15) is 0 Å². The number of amidine groups is 1. The first-order chi connectivity index (χ1) is 10.0. The number of benzene rings is 2. The first-order valence-corrected chi connectivity index (χ1v) is 6.99. The van der Waals surface area contributed by atoms with Gasteiger partial charge in [0.15, 0.2) is 5.84 Å². The molecule has 2 rings (SSSR count). The lowest BCUT2D eigenvalue weighted by molar-refractivity contribution is 0.306. The first-order valence-electron chi connectivity index (χ1n) is 5.85. The highest BCUT2D eigenvalue weighted by atomic mass is 35.5. The summed E-state index contributed by atoms with van der Waals surface area (Å²) in [6, 6.07) is 9.98. The van der Waals surface area contributed by atoms with Gasteiger partial charge in [-0.25, -0.2) is 0 Å². The molecule has 0 saturated carbocycles. The van der Waals surface area contributed by atoms with E-state index in [-0.39, 0.29) is 12.4 Å². The Hall–Kier alpha value is -1.62. The molecule has 0 aliphatic carbocycles. The van der Waals surface area contributed by atoms with E-state index in [1.165, 1.54) is 0 Å². The summed E-state index contributed by atoms with van der Waals surface area (Å²) < 4.78 is 5.61. The van der Waals surface area contributed by atoms with E-state index in [1.807, 2.05) is 0 Å². The third kappa shape index (κ3) is 3.94. The molecular formula is C14H11Cl3N2O2. The molecule has 0 aliphatic rings. The minimum absolute atomic E-state index is 0.0239. The fourth-order valence-electron chi connectivity index (χ4n) is 1.63. The molecule has 0 bridgehead atoms. The van der Waals surface area contributed by atoms with Gasteiger partial charge < -0.3 is 15.7 Å². The van der Waals surface area contributed by atoms with Crippen LogP contribution in [0.25, 0.3) is 0 Å². The SMILES string of the molecule is NC(=NO)c1ccc(OCc2ccc(Cl)cc2Cl)c(Cl)c1. The summed E-state index contributed by atoms with van der Waals surface area (Å²) in [7, 11) is 0. The Labute approximate surface area is 136 Å². The van der Waals surface area contributed by atoms with Crippen molar-refractivity contribution < 1.29 is 9.94 Å². The second kappa shape index (κ2) is 6.89. The van der Waals surface area contributed by atoms with Gasteiger partial charge in [-0.15, -0.1) is 0 Å². The van der Waals surface area contributed by atoms with Gasteiger partial charge in [0.05, 0.1) is 5.02 Å². The predicted octanol–water partition coefficient (Wildman–Crippen LogP) is 4.32. The summed E-state index contributed by atoms with van der Waals surface area (Å²) in [5, 5.41) is 13.0. The Morgan fingerprint density at radius 1 is 1.10 bits per heavy atom. The molecule has 0 unspecified atom stereocenters. The van der Waals surface area contributed by atoms with Crippen LogP contribution in [-0.4, -0.2) is 11.0 Å². The van der Waals surface area contributed by atoms with Crippen molar-refractivity contribution in [2.24, 2.45) is 10.9 Å². The highest BCUT2D eigenvalue weighted by molar-refractivity contribution is 6.35. The van der Waals surface area contributed by atoms with Crippen LogP contribution in [0.2, 0.25) is 15.1 Å². The van der Waals surface area contributed by atoms with Crippen LogP contribution in [-0.2, 0) is 6.61 Å². The molecule has 2 aromatic rings. The van der Waals surface area contributed by atoms with Gasteiger partial charge in [0.25, 0.3) is 0 Å². The van der Waals surface area contributed by atoms with Crippen molar-refractivity contribution in [2.45, 2.75) is 6.61 Å². The fraction of sp³-hybridized carbons (Fsp3) is 0.0714. The smallest absolute Gasteiger partial charge is 0.170 e. The van der Waals surface area contributed by atoms with Gasteiger partial charge in [-0.3, -0.25) is 0 Å². The number of rotatable bonds is 4. The molecule has 0 radical (unpaired) electrons. The lowest BCUT2D eigenvalue weighted by atomic mass is 10.2. The van der Waals surface area contributed by atoms with Gasteiger partial charge in [0.1, 0.15) is 12.4 Å². The lowest BCUT2D eigenvalue weighted by Gasteiger charge is -2.10. The maximum Gasteiger partial charge on any atom is 0.170 e. The van der Waals surface area contributed by atoms with Crippen LogP contribution in [0, 0.1) is 0 Å². The lowest BCUT2D eigenvalue weighted by Crippen LogP contribution is -2.12. The molecule has 21 heavy (non-hydrogen) atoms. The zero-order valence-electron chi connectivity index (χ0n) is 10.7. The molecule has 0 saturated heterocycles. The normalized spacial score (nSPS) is 11.5. The van der Waals surface area contributed by atoms with Crippen LogP contribution in [0.4, 0.5) is 0 Å². The number of nitrogens with two attached hydrogens (primary N) is 1. The van der Waals surface area contributed by atoms with Crippen molar-refractivity contribution in [1.82, 2.24) is 0 Å². The number of hydrogen-bond donors (Lipinski definition) is 2. The van der Waals surface area contributed by atoms with E-state index in [1.54, 1.807) is 36.4 Å². The molecule has 0 heterocycles. The maximum absolute atomic E-state index is 8.62. The third-order valence-corrected chi connectivity index (χ3v) is 3.62. The summed E-state index contributed by atoms with van der Waals surface area (Å²) in [4.78, 5) is 0. The average molecular weight is 346 g/mol. The molecule has 0 fully saturated rings. The van der Waals surface area contributed by atoms with Crippen LogP contribution in [0.15, 0.2) is 41.6 Å². The van der Waals surface area contributed by atoms with Gasteiger partial charge in [-0.2, -0.15) is 0 Å². The molecule has 3 N–H and O–H groups in total. The zero-order chi connectivity index (χ0) is 15.4. The second-order valence-corrected chi connectivity index (χ2v) is 5.41. The Bertz CT molecular complexity index is 690. The fourth-order valence-corrected chi connectivity index (χ4v) is 2.33. The minimum Gasteiger partial charge on any atom is -0.487 e. The summed E-state index contributed by atoms with van der Waals surface area (Å²) in [5.74, 6) is 0.446. The van der Waals surface area contributed by atoms with E-state index in [0.29, 0.717) is 26.4 Å². The largest absolute Gasteiger partial charge is 0.487 e. The van der Waals surface area contributed by atoms with Crippen molar-refractivity contribution in [2.75, 3.05) is 0 Å². The molecule has 0 amide bonds. The monoisotopic (exact) mass is 344 g/mol. The number of nitrogens with zero attached hydrogens (tertiary/aromatic N) is 1. The van der Waals surface area contributed by atoms with E-state index in [4.69, 9.17) is 50.5 Å². The highest BCUT2D eigenvalue weighted by Crippen LogP contribution is 2.28. The van der Waals surface area contributed by atoms with Gasteiger partial charge in [-0.05, 0) is 30.3 Å². The average Bonchev–Trinajstić information content (AvgIpc) is 2.46. The summed E-state index contributed by atoms with van der Waals surface area (Å²) in [6.45, 7) is 0.249. The molecule has 4 nitrogen and oxygen atoms in total. The van der Waals surface area contributed by atoms with Crippen LogP contribution in [0.3, 0.4) is 0 Å². The summed E-state index contributed by atoms with van der Waals surface area (Å²) in [6.07, 6.45) is 0. The maximum atomic E-state index is 8.62. The zero-order valence-corrected chi connectivity index (χ0v) is 13.0. The number of ether oxygens (including phenoxy) is 1. The summed E-state index contributed by atoms with van der Waals surface area (Å²) in [5.41, 5.74) is 6.77. The highest BCUT2D eigenvalue weighted by Gasteiger charge is 2.08. The Kier molecular flexibility index (Phi) is 5.17. The van der Waals surface area contributed by atoms with Crippen molar-refractivity contribution >= 4 is 40.6 Å². The Morgan fingerprint density at radius 3 is 2.48 bits per heavy atom. The van der Waals surface area contributed by atoms with Crippen LogP contribution >= 0.6 is 34.8 Å². The van der Waals surface area contributed by atoms with Gasteiger partial charge in [0, 0.05) is 21.2 Å². The summed E-state index contributed by atoms with van der Waals surface area (Å²) >= 11 is 18.0. The molecule has 7 heteroatoms. The number of halogens is 3. The minimum atomic E-state index is -0.0239. The van der Waals surface area contributed by atoms with Gasteiger partial charge >= 0.3 is 0 Å². The Morgan fingerprint density at radius 2 is 1.86 bits per heavy atom. The molecule has 0 atom stereocenters. The molecule has 0 aromatic heterocycles. The topological polar surface area (TPSA) is 67.8 Å². The molecule has 110 valence electrons. The van der Waals surface area contributed by atoms with E-state index >= 15 is 0 Å². The molecule has 0 aliphatic heterocycles. The standard InChI is InChI=1S/C14H11Cl3N2O2/c15-10-3-1-9(11(16)6-10)7-21-13-4-2-8(5-12(13)17)14(18)19-20/h1-6,20H,7H2,(H2,18,19). The van der Waals surface area contributed by atoms with E-state index in [2.05, 4.69) is 5.16 Å². The number of hydrogen-bond acceptors (Lipinski definition) is 3. The van der Waals surface area contributed by atoms with Crippen LogP contribution in [0.1, 0.15) is 11.1 Å². The predicted molar refractivity (Wildman–Crippen MR) is 84.8 cm³/mol. The molecule has 2 aromatic carbocycles. The molecule has 0 spiro atoms. The quantitative estimate of drug-likeness (QED) is 0.375. The first kappa shape index (κ1) is 15.8. The van der Waals surface area contributed by atoms with Crippen LogP contribution in [0.5, 0.6) is 5.75 Å². The van der Waals surface area contributed by atoms with Gasteiger partial charge in [0.2, 0.25) is 0 Å². The third-order valence-electron chi connectivity index (χ3n) is 2.73. The van der Waals surface area contributed by atoms with Crippen molar-refractivity contribution in [1.29, 1.82) is 0 Å². The van der Waals surface area contributed by atoms with Crippen LogP contribution < -0.4 is 10.5 Å². The van der Waals surface area contributed by atoms with E-state index in [0.717, 1.165) is 5.56 Å². The van der Waals surface area contributed by atoms with E-state index < -0.39 is 0 Å². The molecular weight excluding hydrogens is 335 g/mol. The second-order valence-electron chi connectivity index (χ2n) is 4.15. The van der Waals surface area contributed by atoms with Crippen molar-refractivity contribution in [3.63, 3.8) is 0 Å². The Balaban J connectivity index is 2.13. The van der Waals surface area contributed by atoms with Gasteiger partial charge in [-0.1, -0.05) is 46.0 Å².